The van der Waals surface area contributed by atoms with Gasteiger partial charge in [0.15, 0.2) is 0 Å². The molecule has 1 saturated carbocycles. The van der Waals surface area contributed by atoms with Crippen LogP contribution in [-0.4, -0.2) is 24.5 Å². The molecule has 0 saturated heterocycles. The summed E-state index contributed by atoms with van der Waals surface area (Å²) >= 11 is 7.23. The van der Waals surface area contributed by atoms with E-state index < -0.39 is 15.9 Å². The van der Waals surface area contributed by atoms with Crippen molar-refractivity contribution in [2.45, 2.75) is 23.7 Å². The zero-order valence-electron chi connectivity index (χ0n) is 14.4. The summed E-state index contributed by atoms with van der Waals surface area (Å²) in [6.45, 7) is 0. The van der Waals surface area contributed by atoms with E-state index in [-0.39, 0.29) is 10.5 Å². The van der Waals surface area contributed by atoms with E-state index >= 15 is 0 Å². The molecule has 0 aliphatic heterocycles. The zero-order chi connectivity index (χ0) is 19.7. The number of carbonyl (C=O) groups is 1. The summed E-state index contributed by atoms with van der Waals surface area (Å²) in [7, 11) is -3.87. The maximum Gasteiger partial charge on any atom is 0.261 e. The third kappa shape index (κ3) is 4.32. The molecule has 1 heterocycles. The van der Waals surface area contributed by atoms with Crippen molar-refractivity contribution in [2.75, 3.05) is 10.0 Å². The average molecular weight is 435 g/mol. The molecule has 1 aromatic heterocycles. The van der Waals surface area contributed by atoms with E-state index in [1.165, 1.54) is 41.7 Å². The minimum Gasteiger partial charge on any atom is -0.296 e. The minimum absolute atomic E-state index is 0.0314. The molecule has 1 fully saturated rings. The first-order valence-electron chi connectivity index (χ1n) is 8.44. The predicted octanol–water partition coefficient (Wildman–Crippen LogP) is 4.12. The van der Waals surface area contributed by atoms with Crippen LogP contribution in [-0.2, 0) is 10.0 Å². The molecule has 0 unspecified atom stereocenters. The Labute approximate surface area is 170 Å². The maximum absolute atomic E-state index is 12.6. The van der Waals surface area contributed by atoms with Crippen molar-refractivity contribution in [1.82, 2.24) is 10.2 Å². The molecule has 2 N–H and O–H groups in total. The van der Waals surface area contributed by atoms with Crippen LogP contribution in [0.15, 0.2) is 53.4 Å². The number of rotatable bonds is 6. The van der Waals surface area contributed by atoms with Crippen LogP contribution in [0, 0.1) is 0 Å². The first-order chi connectivity index (χ1) is 13.4. The monoisotopic (exact) mass is 434 g/mol. The Kier molecular flexibility index (Phi) is 5.05. The smallest absolute Gasteiger partial charge is 0.261 e. The summed E-state index contributed by atoms with van der Waals surface area (Å²) in [5.74, 6) is 0.00693. The van der Waals surface area contributed by atoms with Gasteiger partial charge in [-0.15, -0.1) is 10.2 Å². The molecular weight excluding hydrogens is 420 g/mol. The molecule has 1 aliphatic carbocycles. The maximum atomic E-state index is 12.6. The number of hydrogen-bond acceptors (Lipinski definition) is 6. The van der Waals surface area contributed by atoms with E-state index in [0.29, 0.717) is 21.8 Å². The van der Waals surface area contributed by atoms with Crippen LogP contribution in [0.4, 0.5) is 10.8 Å². The lowest BCUT2D eigenvalue weighted by atomic mass is 10.2. The molecule has 0 spiro atoms. The molecule has 28 heavy (non-hydrogen) atoms. The highest BCUT2D eigenvalue weighted by molar-refractivity contribution is 7.92. The van der Waals surface area contributed by atoms with E-state index in [4.69, 9.17) is 11.6 Å². The topological polar surface area (TPSA) is 101 Å². The van der Waals surface area contributed by atoms with Gasteiger partial charge in [0.2, 0.25) is 5.13 Å². The highest BCUT2D eigenvalue weighted by atomic mass is 35.5. The van der Waals surface area contributed by atoms with Gasteiger partial charge in [0, 0.05) is 16.5 Å². The van der Waals surface area contributed by atoms with Gasteiger partial charge in [0.1, 0.15) is 5.01 Å². The van der Waals surface area contributed by atoms with Crippen LogP contribution in [0.3, 0.4) is 0 Å². The molecule has 144 valence electrons. The molecule has 3 aromatic rings. The van der Waals surface area contributed by atoms with E-state index in [2.05, 4.69) is 20.2 Å². The highest BCUT2D eigenvalue weighted by Gasteiger charge is 2.28. The van der Waals surface area contributed by atoms with Gasteiger partial charge < -0.3 is 0 Å². The van der Waals surface area contributed by atoms with Crippen LogP contribution >= 0.6 is 22.9 Å². The molecule has 0 radical (unpaired) electrons. The second-order valence-corrected chi connectivity index (χ2v) is 9.45. The summed E-state index contributed by atoms with van der Waals surface area (Å²) < 4.78 is 27.7. The van der Waals surface area contributed by atoms with Crippen molar-refractivity contribution in [2.24, 2.45) is 0 Å². The molecule has 0 atom stereocenters. The summed E-state index contributed by atoms with van der Waals surface area (Å²) in [5.41, 5.74) is 0.543. The van der Waals surface area contributed by atoms with Gasteiger partial charge >= 0.3 is 0 Å². The van der Waals surface area contributed by atoms with E-state index in [0.717, 1.165) is 17.8 Å². The number of anilines is 2. The van der Waals surface area contributed by atoms with E-state index in [1.807, 2.05) is 0 Å². The molecular formula is C18H15ClN4O3S2. The van der Waals surface area contributed by atoms with Crippen molar-refractivity contribution in [3.63, 3.8) is 0 Å². The van der Waals surface area contributed by atoms with E-state index in [1.54, 1.807) is 18.2 Å². The summed E-state index contributed by atoms with van der Waals surface area (Å²) in [5, 5.41) is 12.4. The Morgan fingerprint density at radius 3 is 2.64 bits per heavy atom. The number of hydrogen-bond donors (Lipinski definition) is 2. The normalized spacial score (nSPS) is 13.9. The lowest BCUT2D eigenvalue weighted by Gasteiger charge is -2.09. The fourth-order valence-electron chi connectivity index (χ4n) is 2.52. The molecule has 4 rings (SSSR count). The number of carbonyl (C=O) groups excluding carboxylic acids is 1. The quantitative estimate of drug-likeness (QED) is 0.607. The largest absolute Gasteiger partial charge is 0.296 e. The molecule has 2 aromatic carbocycles. The van der Waals surface area contributed by atoms with Crippen molar-refractivity contribution in [3.05, 3.63) is 64.1 Å². The number of sulfonamides is 1. The van der Waals surface area contributed by atoms with Gasteiger partial charge in [-0.3, -0.25) is 14.8 Å². The van der Waals surface area contributed by atoms with E-state index in [9.17, 15) is 13.2 Å². The van der Waals surface area contributed by atoms with Gasteiger partial charge in [-0.2, -0.15) is 0 Å². The Bertz CT molecular complexity index is 1140. The predicted molar refractivity (Wildman–Crippen MR) is 109 cm³/mol. The first kappa shape index (κ1) is 18.9. The number of amides is 1. The fraction of sp³-hybridized carbons (Fsp3) is 0.167. The SMILES string of the molecule is O=C(Nc1nnc(C2CC2)s1)c1cccc(S(=O)(=O)Nc2cccc(Cl)c2)c1. The fourth-order valence-corrected chi connectivity index (χ4v) is 4.71. The summed E-state index contributed by atoms with van der Waals surface area (Å²) in [6, 6.07) is 12.2. The molecule has 7 nitrogen and oxygen atoms in total. The molecule has 0 bridgehead atoms. The van der Waals surface area contributed by atoms with Crippen LogP contribution < -0.4 is 10.0 Å². The molecule has 10 heteroatoms. The Balaban J connectivity index is 1.51. The highest BCUT2D eigenvalue weighted by Crippen LogP contribution is 2.42. The van der Waals surface area contributed by atoms with Crippen LogP contribution in [0.25, 0.3) is 0 Å². The lowest BCUT2D eigenvalue weighted by molar-refractivity contribution is 0.102. The number of aromatic nitrogens is 2. The summed E-state index contributed by atoms with van der Waals surface area (Å²) in [4.78, 5) is 12.5. The molecule has 1 aliphatic rings. The van der Waals surface area contributed by atoms with Gasteiger partial charge in [-0.1, -0.05) is 35.1 Å². The Hall–Kier alpha value is -2.49. The third-order valence-electron chi connectivity index (χ3n) is 4.07. The van der Waals surface area contributed by atoms with Gasteiger partial charge in [-0.05, 0) is 49.2 Å². The van der Waals surface area contributed by atoms with Crippen molar-refractivity contribution in [1.29, 1.82) is 0 Å². The van der Waals surface area contributed by atoms with Gasteiger partial charge in [0.25, 0.3) is 15.9 Å². The second-order valence-electron chi connectivity index (χ2n) is 6.32. The number of nitrogens with one attached hydrogen (secondary N) is 2. The van der Waals surface area contributed by atoms with Crippen LogP contribution in [0.2, 0.25) is 5.02 Å². The minimum atomic E-state index is -3.87. The number of benzene rings is 2. The van der Waals surface area contributed by atoms with Crippen molar-refractivity contribution >= 4 is 49.7 Å². The van der Waals surface area contributed by atoms with Crippen LogP contribution in [0.5, 0.6) is 0 Å². The average Bonchev–Trinajstić information content (AvgIpc) is 3.41. The Morgan fingerprint density at radius 1 is 1.11 bits per heavy atom. The first-order valence-corrected chi connectivity index (χ1v) is 11.1. The van der Waals surface area contributed by atoms with Crippen LogP contribution in [0.1, 0.15) is 34.1 Å². The van der Waals surface area contributed by atoms with Gasteiger partial charge in [-0.25, -0.2) is 8.42 Å². The zero-order valence-corrected chi connectivity index (χ0v) is 16.8. The van der Waals surface area contributed by atoms with Gasteiger partial charge in [0.05, 0.1) is 10.6 Å². The standard InChI is InChI=1S/C18H15ClN4O3S2/c19-13-4-2-5-14(10-13)23-28(25,26)15-6-1-3-12(9-15)16(24)20-18-22-21-17(27-18)11-7-8-11/h1-6,9-11,23H,7-8H2,(H,20,22,24). The molecule has 1 amide bonds. The Morgan fingerprint density at radius 2 is 1.89 bits per heavy atom. The second kappa shape index (κ2) is 7.50. The lowest BCUT2D eigenvalue weighted by Crippen LogP contribution is -2.16. The summed E-state index contributed by atoms with van der Waals surface area (Å²) in [6.07, 6.45) is 2.20. The number of nitrogens with zero attached hydrogens (tertiary/aromatic N) is 2. The van der Waals surface area contributed by atoms with Crippen molar-refractivity contribution in [3.8, 4) is 0 Å². The number of halogens is 1. The van der Waals surface area contributed by atoms with Crippen molar-refractivity contribution < 1.29 is 13.2 Å². The third-order valence-corrected chi connectivity index (χ3v) is 6.69.